The van der Waals surface area contributed by atoms with Gasteiger partial charge >= 0.3 is 0 Å². The Balaban J connectivity index is 1.41. The number of ketones is 1. The Bertz CT molecular complexity index is 1140. The molecule has 0 radical (unpaired) electrons. The van der Waals surface area contributed by atoms with Crippen molar-refractivity contribution in [3.05, 3.63) is 54.1 Å². The van der Waals surface area contributed by atoms with E-state index in [1.54, 1.807) is 29.2 Å². The maximum atomic E-state index is 13.1. The Kier molecular flexibility index (Phi) is 3.97. The molecule has 7 nitrogen and oxygen atoms in total. The number of carbonyl (C=O) groups excluding carboxylic acids is 3. The van der Waals surface area contributed by atoms with Crippen molar-refractivity contribution in [2.75, 3.05) is 10.2 Å². The summed E-state index contributed by atoms with van der Waals surface area (Å²) in [4.78, 5) is 43.6. The molecule has 29 heavy (non-hydrogen) atoms. The Hall–Kier alpha value is -3.48. The molecule has 1 atom stereocenters. The van der Waals surface area contributed by atoms with E-state index in [1.165, 1.54) is 6.92 Å². The van der Waals surface area contributed by atoms with Crippen molar-refractivity contribution in [2.24, 2.45) is 0 Å². The minimum absolute atomic E-state index is 0.0286. The lowest BCUT2D eigenvalue weighted by Crippen LogP contribution is -2.33. The summed E-state index contributed by atoms with van der Waals surface area (Å²) in [5.74, 6) is 0.296. The molecule has 1 aliphatic carbocycles. The number of imidazole rings is 1. The highest BCUT2D eigenvalue weighted by Crippen LogP contribution is 2.42. The van der Waals surface area contributed by atoms with Crippen molar-refractivity contribution in [3.63, 3.8) is 0 Å². The van der Waals surface area contributed by atoms with Crippen LogP contribution in [-0.4, -0.2) is 33.2 Å². The van der Waals surface area contributed by atoms with Crippen molar-refractivity contribution in [1.82, 2.24) is 9.55 Å². The average Bonchev–Trinajstić information content (AvgIpc) is 3.41. The van der Waals surface area contributed by atoms with E-state index in [9.17, 15) is 14.4 Å². The number of carbonyl (C=O) groups is 3. The Morgan fingerprint density at radius 1 is 1.10 bits per heavy atom. The van der Waals surface area contributed by atoms with Gasteiger partial charge in [0.2, 0.25) is 11.9 Å². The first-order valence-corrected chi connectivity index (χ1v) is 9.74. The lowest BCUT2D eigenvalue weighted by atomic mass is 10.1. The average molecular weight is 388 g/mol. The summed E-state index contributed by atoms with van der Waals surface area (Å²) in [6.07, 6.45) is 1.97. The zero-order valence-corrected chi connectivity index (χ0v) is 16.0. The lowest BCUT2D eigenvalue weighted by molar-refractivity contribution is -0.124. The number of rotatable bonds is 5. The van der Waals surface area contributed by atoms with Gasteiger partial charge in [-0.2, -0.15) is 0 Å². The number of benzene rings is 2. The van der Waals surface area contributed by atoms with Crippen LogP contribution < -0.4 is 10.2 Å². The van der Waals surface area contributed by atoms with Crippen LogP contribution in [0, 0.1) is 0 Å². The molecular formula is C22H20N4O3. The molecule has 1 fully saturated rings. The molecule has 1 N–H and O–H groups in total. The number of anilines is 2. The Labute approximate surface area is 167 Å². The standard InChI is InChI=1S/C22H20N4O3/c1-13(27)14-6-8-15(9-7-14)23-20(28)12-19-21(29)25(16-10-11-16)22-24-17-4-2-3-5-18(17)26(19)22/h2-9,16,19H,10-12H2,1H3,(H,23,28)/t19-/m1/s1. The highest BCUT2D eigenvalue weighted by Gasteiger charge is 2.47. The molecule has 7 heteroatoms. The Morgan fingerprint density at radius 3 is 2.52 bits per heavy atom. The summed E-state index contributed by atoms with van der Waals surface area (Å²) in [5, 5.41) is 2.83. The predicted octanol–water partition coefficient (Wildman–Crippen LogP) is 3.32. The second kappa shape index (κ2) is 6.55. The lowest BCUT2D eigenvalue weighted by Gasteiger charge is -2.15. The summed E-state index contributed by atoms with van der Waals surface area (Å²) >= 11 is 0. The van der Waals surface area contributed by atoms with E-state index in [0.717, 1.165) is 23.9 Å². The molecule has 146 valence electrons. The number of fused-ring (bicyclic) bond motifs is 3. The van der Waals surface area contributed by atoms with Crippen LogP contribution in [0.4, 0.5) is 11.6 Å². The summed E-state index contributed by atoms with van der Waals surface area (Å²) in [6, 6.07) is 14.0. The number of hydrogen-bond acceptors (Lipinski definition) is 4. The van der Waals surface area contributed by atoms with Gasteiger partial charge in [0.05, 0.1) is 17.5 Å². The van der Waals surface area contributed by atoms with Crippen molar-refractivity contribution < 1.29 is 14.4 Å². The van der Waals surface area contributed by atoms with Crippen LogP contribution in [0.1, 0.15) is 42.6 Å². The summed E-state index contributed by atoms with van der Waals surface area (Å²) in [7, 11) is 0. The smallest absolute Gasteiger partial charge is 0.253 e. The van der Waals surface area contributed by atoms with Gasteiger partial charge in [-0.05, 0) is 56.2 Å². The fourth-order valence-corrected chi connectivity index (χ4v) is 3.91. The number of Topliss-reactive ketones (excluding diaryl/α,β-unsaturated/α-hetero) is 1. The van der Waals surface area contributed by atoms with Crippen molar-refractivity contribution in [2.45, 2.75) is 38.3 Å². The highest BCUT2D eigenvalue weighted by molar-refractivity contribution is 6.05. The topological polar surface area (TPSA) is 84.3 Å². The largest absolute Gasteiger partial charge is 0.326 e. The van der Waals surface area contributed by atoms with Gasteiger partial charge in [-0.25, -0.2) is 4.98 Å². The van der Waals surface area contributed by atoms with E-state index < -0.39 is 6.04 Å². The van der Waals surface area contributed by atoms with Gasteiger partial charge in [-0.1, -0.05) is 12.1 Å². The molecule has 3 aromatic rings. The third-order valence-electron chi connectivity index (χ3n) is 5.49. The number of aromatic nitrogens is 2. The van der Waals surface area contributed by atoms with Crippen LogP contribution in [0.2, 0.25) is 0 Å². The fourth-order valence-electron chi connectivity index (χ4n) is 3.91. The third kappa shape index (κ3) is 2.99. The highest BCUT2D eigenvalue weighted by atomic mass is 16.2. The van der Waals surface area contributed by atoms with E-state index in [0.29, 0.717) is 17.2 Å². The number of para-hydroxylation sites is 2. The third-order valence-corrected chi connectivity index (χ3v) is 5.49. The SMILES string of the molecule is CC(=O)c1ccc(NC(=O)C[C@@H]2C(=O)N(C3CC3)c3nc4ccccc4n32)cc1. The van der Waals surface area contributed by atoms with Crippen molar-refractivity contribution in [3.8, 4) is 0 Å². The summed E-state index contributed by atoms with van der Waals surface area (Å²) < 4.78 is 1.90. The van der Waals surface area contributed by atoms with Crippen LogP contribution in [0.3, 0.4) is 0 Å². The van der Waals surface area contributed by atoms with Gasteiger partial charge < -0.3 is 5.32 Å². The fraction of sp³-hybridized carbons (Fsp3) is 0.273. The van der Waals surface area contributed by atoms with Gasteiger partial charge in [0, 0.05) is 17.3 Å². The van der Waals surface area contributed by atoms with Crippen LogP contribution in [-0.2, 0) is 9.59 Å². The van der Waals surface area contributed by atoms with E-state index in [-0.39, 0.29) is 30.1 Å². The minimum atomic E-state index is -0.602. The van der Waals surface area contributed by atoms with Gasteiger partial charge in [0.1, 0.15) is 6.04 Å². The van der Waals surface area contributed by atoms with E-state index in [1.807, 2.05) is 28.8 Å². The van der Waals surface area contributed by atoms with Crippen molar-refractivity contribution in [1.29, 1.82) is 0 Å². The quantitative estimate of drug-likeness (QED) is 0.680. The second-order valence-corrected chi connectivity index (χ2v) is 7.61. The molecule has 0 unspecified atom stereocenters. The molecule has 1 aromatic heterocycles. The molecule has 0 bridgehead atoms. The number of nitrogens with one attached hydrogen (secondary N) is 1. The molecule has 5 rings (SSSR count). The van der Waals surface area contributed by atoms with Gasteiger partial charge in [0.25, 0.3) is 5.91 Å². The van der Waals surface area contributed by atoms with Gasteiger partial charge in [0.15, 0.2) is 5.78 Å². The zero-order chi connectivity index (χ0) is 20.1. The molecule has 2 aliphatic rings. The first-order valence-electron chi connectivity index (χ1n) is 9.74. The van der Waals surface area contributed by atoms with Crippen LogP contribution in [0.5, 0.6) is 0 Å². The molecule has 1 saturated carbocycles. The maximum Gasteiger partial charge on any atom is 0.253 e. The minimum Gasteiger partial charge on any atom is -0.326 e. The number of amides is 2. The monoisotopic (exact) mass is 388 g/mol. The molecule has 2 aromatic carbocycles. The van der Waals surface area contributed by atoms with Crippen molar-refractivity contribution >= 4 is 40.3 Å². The van der Waals surface area contributed by atoms with Gasteiger partial charge in [-0.15, -0.1) is 0 Å². The van der Waals surface area contributed by atoms with Crippen LogP contribution >= 0.6 is 0 Å². The predicted molar refractivity (Wildman–Crippen MR) is 109 cm³/mol. The Morgan fingerprint density at radius 2 is 1.83 bits per heavy atom. The molecular weight excluding hydrogens is 368 g/mol. The van der Waals surface area contributed by atoms with E-state index in [4.69, 9.17) is 0 Å². The first kappa shape index (κ1) is 17.6. The molecule has 0 spiro atoms. The maximum absolute atomic E-state index is 13.1. The summed E-state index contributed by atoms with van der Waals surface area (Å²) in [5.41, 5.74) is 2.87. The number of nitrogens with zero attached hydrogens (tertiary/aromatic N) is 3. The normalized spacial score (nSPS) is 18.2. The van der Waals surface area contributed by atoms with E-state index in [2.05, 4.69) is 10.3 Å². The van der Waals surface area contributed by atoms with E-state index >= 15 is 0 Å². The van der Waals surface area contributed by atoms with Gasteiger partial charge in [-0.3, -0.25) is 23.9 Å². The molecule has 0 saturated heterocycles. The zero-order valence-electron chi connectivity index (χ0n) is 16.0. The first-order chi connectivity index (χ1) is 14.0. The number of hydrogen-bond donors (Lipinski definition) is 1. The van der Waals surface area contributed by atoms with Crippen LogP contribution in [0.25, 0.3) is 11.0 Å². The second-order valence-electron chi connectivity index (χ2n) is 7.61. The molecule has 2 heterocycles. The molecule has 2 amide bonds. The molecule has 1 aliphatic heterocycles. The summed E-state index contributed by atoms with van der Waals surface area (Å²) in [6.45, 7) is 1.50. The van der Waals surface area contributed by atoms with Crippen LogP contribution in [0.15, 0.2) is 48.5 Å².